The molecule has 5 nitrogen and oxygen atoms in total. The molecule has 106 valence electrons. The van der Waals surface area contributed by atoms with Crippen LogP contribution in [-0.2, 0) is 6.42 Å². The van der Waals surface area contributed by atoms with E-state index >= 15 is 0 Å². The van der Waals surface area contributed by atoms with Crippen molar-refractivity contribution in [2.75, 3.05) is 11.9 Å². The minimum atomic E-state index is -0.994. The second kappa shape index (κ2) is 5.28. The summed E-state index contributed by atoms with van der Waals surface area (Å²) in [7, 11) is 0. The highest BCUT2D eigenvalue weighted by atomic mass is 16.5. The highest BCUT2D eigenvalue weighted by molar-refractivity contribution is 6.04. The van der Waals surface area contributed by atoms with E-state index in [1.54, 1.807) is 24.3 Å². The molecule has 0 unspecified atom stereocenters. The number of carbonyl (C=O) groups is 2. The molecule has 0 saturated carbocycles. The second-order valence-electron chi connectivity index (χ2n) is 4.76. The van der Waals surface area contributed by atoms with Crippen LogP contribution in [0.15, 0.2) is 42.5 Å². The van der Waals surface area contributed by atoms with Crippen LogP contribution in [0.2, 0.25) is 0 Å². The number of anilines is 1. The molecule has 0 saturated heterocycles. The van der Waals surface area contributed by atoms with E-state index < -0.39 is 5.97 Å². The number of aromatic carboxylic acids is 1. The minimum absolute atomic E-state index is 0.183. The number of carboxylic acid groups (broad SMARTS) is 1. The maximum atomic E-state index is 12.2. The van der Waals surface area contributed by atoms with Gasteiger partial charge in [-0.25, -0.2) is 4.79 Å². The molecule has 2 aromatic rings. The predicted molar refractivity (Wildman–Crippen MR) is 77.0 cm³/mol. The van der Waals surface area contributed by atoms with Crippen molar-refractivity contribution in [3.05, 3.63) is 59.2 Å². The Bertz CT molecular complexity index is 707. The van der Waals surface area contributed by atoms with Crippen molar-refractivity contribution in [1.29, 1.82) is 0 Å². The molecule has 1 heterocycles. The Morgan fingerprint density at radius 1 is 1.05 bits per heavy atom. The van der Waals surface area contributed by atoms with Gasteiger partial charge in [0.1, 0.15) is 5.75 Å². The summed E-state index contributed by atoms with van der Waals surface area (Å²) in [4.78, 5) is 22.9. The number of carboxylic acids is 1. The fourth-order valence-corrected chi connectivity index (χ4v) is 2.23. The average molecular weight is 283 g/mol. The lowest BCUT2D eigenvalue weighted by atomic mass is 10.1. The van der Waals surface area contributed by atoms with E-state index in [1.807, 2.05) is 6.07 Å². The van der Waals surface area contributed by atoms with Crippen LogP contribution >= 0.6 is 0 Å². The van der Waals surface area contributed by atoms with Crippen LogP contribution in [0.5, 0.6) is 5.75 Å². The van der Waals surface area contributed by atoms with E-state index in [0.717, 1.165) is 17.7 Å². The summed E-state index contributed by atoms with van der Waals surface area (Å²) in [6, 6.07) is 11.4. The van der Waals surface area contributed by atoms with Crippen LogP contribution in [0.4, 0.5) is 5.69 Å². The Balaban J connectivity index is 1.75. The van der Waals surface area contributed by atoms with Crippen LogP contribution in [0.25, 0.3) is 0 Å². The van der Waals surface area contributed by atoms with Crippen molar-refractivity contribution in [3.8, 4) is 5.75 Å². The summed E-state index contributed by atoms with van der Waals surface area (Å²) in [6.45, 7) is 0.650. The van der Waals surface area contributed by atoms with Gasteiger partial charge in [-0.3, -0.25) is 4.79 Å². The molecule has 1 aliphatic heterocycles. The first-order valence-electron chi connectivity index (χ1n) is 6.54. The van der Waals surface area contributed by atoms with E-state index in [4.69, 9.17) is 9.84 Å². The van der Waals surface area contributed by atoms with Crippen LogP contribution in [0, 0.1) is 0 Å². The molecule has 1 aliphatic rings. The summed E-state index contributed by atoms with van der Waals surface area (Å²) in [6.07, 6.45) is 0.809. The van der Waals surface area contributed by atoms with Gasteiger partial charge in [0.25, 0.3) is 5.91 Å². The van der Waals surface area contributed by atoms with Crippen molar-refractivity contribution >= 4 is 17.6 Å². The molecule has 5 heteroatoms. The highest BCUT2D eigenvalue weighted by Gasteiger charge is 2.15. The molecule has 0 aromatic heterocycles. The van der Waals surface area contributed by atoms with Gasteiger partial charge in [-0.15, -0.1) is 0 Å². The van der Waals surface area contributed by atoms with E-state index in [9.17, 15) is 9.59 Å². The zero-order valence-electron chi connectivity index (χ0n) is 11.1. The lowest BCUT2D eigenvalue weighted by molar-refractivity contribution is 0.0696. The molecule has 0 aliphatic carbocycles. The number of ether oxygens (including phenoxy) is 1. The number of benzene rings is 2. The van der Waals surface area contributed by atoms with Crippen LogP contribution in [0.3, 0.4) is 0 Å². The first-order valence-corrected chi connectivity index (χ1v) is 6.54. The van der Waals surface area contributed by atoms with Gasteiger partial charge in [0, 0.05) is 17.7 Å². The molecule has 3 rings (SSSR count). The third-order valence-electron chi connectivity index (χ3n) is 3.34. The summed E-state index contributed by atoms with van der Waals surface area (Å²) in [5, 5.41) is 11.6. The first kappa shape index (κ1) is 13.2. The van der Waals surface area contributed by atoms with Gasteiger partial charge < -0.3 is 15.2 Å². The lowest BCUT2D eigenvalue weighted by Gasteiger charge is -2.07. The summed E-state index contributed by atoms with van der Waals surface area (Å²) in [5.41, 5.74) is 2.33. The Kier molecular flexibility index (Phi) is 3.31. The van der Waals surface area contributed by atoms with Crippen LogP contribution in [0.1, 0.15) is 26.3 Å². The van der Waals surface area contributed by atoms with Crippen molar-refractivity contribution in [1.82, 2.24) is 0 Å². The normalized spacial score (nSPS) is 12.4. The topological polar surface area (TPSA) is 75.6 Å². The van der Waals surface area contributed by atoms with E-state index in [1.165, 1.54) is 12.1 Å². The van der Waals surface area contributed by atoms with Gasteiger partial charge in [0.15, 0.2) is 0 Å². The van der Waals surface area contributed by atoms with Crippen LogP contribution < -0.4 is 10.1 Å². The molecular weight excluding hydrogens is 270 g/mol. The third-order valence-corrected chi connectivity index (χ3v) is 3.34. The number of carbonyl (C=O) groups excluding carboxylic acids is 1. The zero-order chi connectivity index (χ0) is 14.8. The Morgan fingerprint density at radius 2 is 1.76 bits per heavy atom. The number of hydrogen-bond donors (Lipinski definition) is 2. The van der Waals surface area contributed by atoms with Crippen molar-refractivity contribution < 1.29 is 19.4 Å². The highest BCUT2D eigenvalue weighted by Crippen LogP contribution is 2.26. The van der Waals surface area contributed by atoms with Crippen molar-refractivity contribution in [2.24, 2.45) is 0 Å². The predicted octanol–water partition coefficient (Wildman–Crippen LogP) is 2.57. The van der Waals surface area contributed by atoms with Gasteiger partial charge in [-0.2, -0.15) is 0 Å². The molecule has 1 amide bonds. The molecule has 0 fully saturated rings. The fraction of sp³-hybridized carbons (Fsp3) is 0.125. The summed E-state index contributed by atoms with van der Waals surface area (Å²) >= 11 is 0. The maximum absolute atomic E-state index is 12.2. The van der Waals surface area contributed by atoms with Gasteiger partial charge in [0.05, 0.1) is 12.2 Å². The zero-order valence-corrected chi connectivity index (χ0v) is 11.1. The Morgan fingerprint density at radius 3 is 2.48 bits per heavy atom. The number of hydrogen-bond acceptors (Lipinski definition) is 3. The number of nitrogens with one attached hydrogen (secondary N) is 1. The number of rotatable bonds is 3. The molecule has 0 atom stereocenters. The number of amides is 1. The van der Waals surface area contributed by atoms with Crippen molar-refractivity contribution in [3.63, 3.8) is 0 Å². The largest absolute Gasteiger partial charge is 0.493 e. The number of fused-ring (bicyclic) bond motifs is 1. The first-order chi connectivity index (χ1) is 10.1. The standard InChI is InChI=1S/C16H13NO4/c18-15(12-3-6-14-11(9-12)7-8-21-14)17-13-4-1-10(2-5-13)16(19)20/h1-6,9H,7-8H2,(H,17,18)(H,19,20). The molecule has 0 radical (unpaired) electrons. The van der Waals surface area contributed by atoms with Gasteiger partial charge in [-0.1, -0.05) is 0 Å². The Labute approximate surface area is 121 Å². The molecular formula is C16H13NO4. The molecule has 2 aromatic carbocycles. The van der Waals surface area contributed by atoms with Gasteiger partial charge in [-0.05, 0) is 48.0 Å². The van der Waals surface area contributed by atoms with E-state index in [0.29, 0.717) is 17.9 Å². The van der Waals surface area contributed by atoms with Crippen LogP contribution in [-0.4, -0.2) is 23.6 Å². The minimum Gasteiger partial charge on any atom is -0.493 e. The Hall–Kier alpha value is -2.82. The smallest absolute Gasteiger partial charge is 0.335 e. The SMILES string of the molecule is O=C(O)c1ccc(NC(=O)c2ccc3c(c2)CCO3)cc1. The quantitative estimate of drug-likeness (QED) is 0.907. The summed E-state index contributed by atoms with van der Waals surface area (Å²) in [5.74, 6) is -0.392. The van der Waals surface area contributed by atoms with Gasteiger partial charge in [0.2, 0.25) is 0 Å². The molecule has 0 spiro atoms. The third kappa shape index (κ3) is 2.72. The van der Waals surface area contributed by atoms with E-state index in [-0.39, 0.29) is 11.5 Å². The second-order valence-corrected chi connectivity index (χ2v) is 4.76. The fourth-order valence-electron chi connectivity index (χ4n) is 2.23. The average Bonchev–Trinajstić information content (AvgIpc) is 2.95. The lowest BCUT2D eigenvalue weighted by Crippen LogP contribution is -2.12. The molecule has 2 N–H and O–H groups in total. The van der Waals surface area contributed by atoms with Gasteiger partial charge >= 0.3 is 5.97 Å². The monoisotopic (exact) mass is 283 g/mol. The molecule has 0 bridgehead atoms. The van der Waals surface area contributed by atoms with Crippen molar-refractivity contribution in [2.45, 2.75) is 6.42 Å². The molecule has 21 heavy (non-hydrogen) atoms. The van der Waals surface area contributed by atoms with E-state index in [2.05, 4.69) is 5.32 Å². The summed E-state index contributed by atoms with van der Waals surface area (Å²) < 4.78 is 5.40. The maximum Gasteiger partial charge on any atom is 0.335 e.